The molecule has 1 heterocycles. The molecule has 0 amide bonds. The molecular formula is C9H11NO2. The monoisotopic (exact) mass is 165 g/mol. The van der Waals surface area contributed by atoms with Gasteiger partial charge in [0.15, 0.2) is 0 Å². The van der Waals surface area contributed by atoms with E-state index in [0.29, 0.717) is 6.61 Å². The molecule has 0 radical (unpaired) electrons. The Bertz CT molecular complexity index is 299. The van der Waals surface area contributed by atoms with Crippen LogP contribution >= 0.6 is 0 Å². The van der Waals surface area contributed by atoms with Gasteiger partial charge >= 0.3 is 0 Å². The predicted octanol–water partition coefficient (Wildman–Crippen LogP) is 1.09. The fourth-order valence-corrected chi connectivity index (χ4v) is 1.46. The number of fused-ring (bicyclic) bond motifs is 1. The average molecular weight is 165 g/mol. The molecule has 0 aliphatic carbocycles. The number of hydrogen-bond donors (Lipinski definition) is 1. The quantitative estimate of drug-likeness (QED) is 0.677. The summed E-state index contributed by atoms with van der Waals surface area (Å²) in [5.41, 5.74) is 6.80. The number of ether oxygens (including phenoxy) is 2. The molecule has 2 N–H and O–H groups in total. The number of nitrogens with two attached hydrogens (primary N) is 1. The minimum atomic E-state index is -0.0452. The van der Waals surface area contributed by atoms with E-state index in [9.17, 15) is 0 Å². The van der Waals surface area contributed by atoms with Crippen molar-refractivity contribution in [2.75, 3.05) is 13.7 Å². The molecular weight excluding hydrogens is 154 g/mol. The van der Waals surface area contributed by atoms with Gasteiger partial charge in [-0.05, 0) is 12.1 Å². The molecule has 0 saturated carbocycles. The first-order chi connectivity index (χ1) is 5.83. The summed E-state index contributed by atoms with van der Waals surface area (Å²) in [6.45, 7) is 0.551. The minimum Gasteiger partial charge on any atom is -0.496 e. The molecule has 64 valence electrons. The van der Waals surface area contributed by atoms with Crippen LogP contribution in [0.5, 0.6) is 11.5 Å². The van der Waals surface area contributed by atoms with Crippen molar-refractivity contribution in [1.82, 2.24) is 0 Å². The van der Waals surface area contributed by atoms with Gasteiger partial charge in [-0.2, -0.15) is 0 Å². The van der Waals surface area contributed by atoms with Crippen molar-refractivity contribution < 1.29 is 9.47 Å². The topological polar surface area (TPSA) is 44.5 Å². The Morgan fingerprint density at radius 3 is 3.17 bits per heavy atom. The predicted molar refractivity (Wildman–Crippen MR) is 45.4 cm³/mol. The van der Waals surface area contributed by atoms with Crippen LogP contribution in [0.3, 0.4) is 0 Å². The molecule has 3 nitrogen and oxygen atoms in total. The highest BCUT2D eigenvalue weighted by Gasteiger charge is 2.23. The normalized spacial score (nSPS) is 20.0. The molecule has 0 spiro atoms. The highest BCUT2D eigenvalue weighted by atomic mass is 16.5. The lowest BCUT2D eigenvalue weighted by molar-refractivity contribution is 0.333. The summed E-state index contributed by atoms with van der Waals surface area (Å²) in [7, 11) is 1.64. The minimum absolute atomic E-state index is 0.0452. The van der Waals surface area contributed by atoms with Crippen molar-refractivity contribution in [1.29, 1.82) is 0 Å². The number of hydrogen-bond acceptors (Lipinski definition) is 3. The van der Waals surface area contributed by atoms with Gasteiger partial charge in [-0.1, -0.05) is 6.07 Å². The Kier molecular flexibility index (Phi) is 1.66. The van der Waals surface area contributed by atoms with Gasteiger partial charge in [-0.15, -0.1) is 0 Å². The fraction of sp³-hybridized carbons (Fsp3) is 0.333. The summed E-state index contributed by atoms with van der Waals surface area (Å²) in [4.78, 5) is 0. The SMILES string of the molecule is COc1cccc2c1[C@H](N)CO2. The van der Waals surface area contributed by atoms with Crippen LogP contribution in [-0.4, -0.2) is 13.7 Å². The Labute approximate surface area is 71.1 Å². The van der Waals surface area contributed by atoms with Crippen LogP contribution in [-0.2, 0) is 0 Å². The summed E-state index contributed by atoms with van der Waals surface area (Å²) < 4.78 is 10.5. The molecule has 0 fully saturated rings. The van der Waals surface area contributed by atoms with Gasteiger partial charge in [0, 0.05) is 0 Å². The molecule has 12 heavy (non-hydrogen) atoms. The first kappa shape index (κ1) is 7.43. The van der Waals surface area contributed by atoms with Gasteiger partial charge in [0.1, 0.15) is 18.1 Å². The van der Waals surface area contributed by atoms with E-state index in [1.807, 2.05) is 18.2 Å². The third-order valence-electron chi connectivity index (χ3n) is 2.04. The summed E-state index contributed by atoms with van der Waals surface area (Å²) in [5, 5.41) is 0. The summed E-state index contributed by atoms with van der Waals surface area (Å²) in [5.74, 6) is 1.67. The molecule has 0 saturated heterocycles. The van der Waals surface area contributed by atoms with Crippen molar-refractivity contribution in [3.8, 4) is 11.5 Å². The molecule has 1 atom stereocenters. The molecule has 2 rings (SSSR count). The first-order valence-corrected chi connectivity index (χ1v) is 3.88. The molecule has 1 aliphatic rings. The zero-order valence-electron chi connectivity index (χ0n) is 6.91. The van der Waals surface area contributed by atoms with Gasteiger partial charge < -0.3 is 15.2 Å². The van der Waals surface area contributed by atoms with E-state index in [0.717, 1.165) is 17.1 Å². The standard InChI is InChI=1S/C9H11NO2/c1-11-7-3-2-4-8-9(7)6(10)5-12-8/h2-4,6H,5,10H2,1H3/t6-/m1/s1. The third-order valence-corrected chi connectivity index (χ3v) is 2.04. The average Bonchev–Trinajstić information content (AvgIpc) is 2.48. The van der Waals surface area contributed by atoms with E-state index < -0.39 is 0 Å². The molecule has 0 unspecified atom stereocenters. The van der Waals surface area contributed by atoms with Gasteiger partial charge in [0.05, 0.1) is 18.7 Å². The number of methoxy groups -OCH3 is 1. The highest BCUT2D eigenvalue weighted by molar-refractivity contribution is 5.49. The van der Waals surface area contributed by atoms with Crippen molar-refractivity contribution in [2.24, 2.45) is 5.73 Å². The second kappa shape index (κ2) is 2.68. The molecule has 0 bridgehead atoms. The Balaban J connectivity index is 2.53. The van der Waals surface area contributed by atoms with Gasteiger partial charge in [-0.25, -0.2) is 0 Å². The van der Waals surface area contributed by atoms with Crippen LogP contribution < -0.4 is 15.2 Å². The third kappa shape index (κ3) is 0.940. The van der Waals surface area contributed by atoms with Crippen LogP contribution in [0.1, 0.15) is 11.6 Å². The molecule has 1 aliphatic heterocycles. The van der Waals surface area contributed by atoms with E-state index in [1.54, 1.807) is 7.11 Å². The molecule has 0 aromatic heterocycles. The van der Waals surface area contributed by atoms with Gasteiger partial charge in [0.2, 0.25) is 0 Å². The number of benzene rings is 1. The van der Waals surface area contributed by atoms with Crippen LogP contribution in [0.2, 0.25) is 0 Å². The Morgan fingerprint density at radius 1 is 1.58 bits per heavy atom. The van der Waals surface area contributed by atoms with Crippen LogP contribution in [0.4, 0.5) is 0 Å². The first-order valence-electron chi connectivity index (χ1n) is 3.88. The van der Waals surface area contributed by atoms with E-state index in [1.165, 1.54) is 0 Å². The van der Waals surface area contributed by atoms with Crippen molar-refractivity contribution in [3.05, 3.63) is 23.8 Å². The molecule has 3 heteroatoms. The fourth-order valence-electron chi connectivity index (χ4n) is 1.46. The number of rotatable bonds is 1. The Hall–Kier alpha value is -1.22. The van der Waals surface area contributed by atoms with Crippen molar-refractivity contribution in [2.45, 2.75) is 6.04 Å². The second-order valence-corrected chi connectivity index (χ2v) is 2.79. The molecule has 1 aromatic carbocycles. The largest absolute Gasteiger partial charge is 0.496 e. The maximum absolute atomic E-state index is 5.82. The lowest BCUT2D eigenvalue weighted by Crippen LogP contribution is -2.11. The van der Waals surface area contributed by atoms with E-state index in [2.05, 4.69) is 0 Å². The van der Waals surface area contributed by atoms with E-state index >= 15 is 0 Å². The van der Waals surface area contributed by atoms with Gasteiger partial charge in [-0.3, -0.25) is 0 Å². The zero-order valence-corrected chi connectivity index (χ0v) is 6.91. The Morgan fingerprint density at radius 2 is 2.42 bits per heavy atom. The maximum Gasteiger partial charge on any atom is 0.128 e. The summed E-state index contributed by atoms with van der Waals surface area (Å²) in [6, 6.07) is 5.66. The highest BCUT2D eigenvalue weighted by Crippen LogP contribution is 2.37. The smallest absolute Gasteiger partial charge is 0.128 e. The molecule has 1 aromatic rings. The van der Waals surface area contributed by atoms with Crippen LogP contribution in [0, 0.1) is 0 Å². The summed E-state index contributed by atoms with van der Waals surface area (Å²) >= 11 is 0. The van der Waals surface area contributed by atoms with Crippen molar-refractivity contribution >= 4 is 0 Å². The van der Waals surface area contributed by atoms with Crippen molar-refractivity contribution in [3.63, 3.8) is 0 Å². The zero-order chi connectivity index (χ0) is 8.55. The van der Waals surface area contributed by atoms with Gasteiger partial charge in [0.25, 0.3) is 0 Å². The summed E-state index contributed by atoms with van der Waals surface area (Å²) in [6.07, 6.45) is 0. The van der Waals surface area contributed by atoms with Crippen LogP contribution in [0.15, 0.2) is 18.2 Å². The maximum atomic E-state index is 5.82. The van der Waals surface area contributed by atoms with E-state index in [4.69, 9.17) is 15.2 Å². The van der Waals surface area contributed by atoms with Crippen LogP contribution in [0.25, 0.3) is 0 Å². The van der Waals surface area contributed by atoms with E-state index in [-0.39, 0.29) is 6.04 Å². The second-order valence-electron chi connectivity index (χ2n) is 2.79. The lowest BCUT2D eigenvalue weighted by atomic mass is 10.1. The lowest BCUT2D eigenvalue weighted by Gasteiger charge is -2.06.